The Morgan fingerprint density at radius 1 is 0.837 bits per heavy atom. The van der Waals surface area contributed by atoms with Gasteiger partial charge < -0.3 is 37.1 Å². The van der Waals surface area contributed by atoms with Crippen LogP contribution in [0.5, 0.6) is 0 Å². The molecule has 2 aliphatic rings. The second-order valence-corrected chi connectivity index (χ2v) is 10.6. The van der Waals surface area contributed by atoms with Crippen LogP contribution >= 0.6 is 15.9 Å². The van der Waals surface area contributed by atoms with Crippen molar-refractivity contribution in [3.05, 3.63) is 64.1 Å². The van der Waals surface area contributed by atoms with Gasteiger partial charge in [0.2, 0.25) is 29.5 Å². The maximum absolute atomic E-state index is 13.0. The van der Waals surface area contributed by atoms with Gasteiger partial charge in [0, 0.05) is 29.9 Å². The summed E-state index contributed by atoms with van der Waals surface area (Å²) in [7, 11) is 0. The van der Waals surface area contributed by atoms with Gasteiger partial charge in [0.05, 0.1) is 19.5 Å². The van der Waals surface area contributed by atoms with E-state index in [0.29, 0.717) is 16.8 Å². The summed E-state index contributed by atoms with van der Waals surface area (Å²) in [6, 6.07) is 10.9. The monoisotopic (exact) mass is 658 g/mol. The van der Waals surface area contributed by atoms with E-state index in [2.05, 4.69) is 42.5 Å². The van der Waals surface area contributed by atoms with Crippen molar-refractivity contribution < 1.29 is 38.3 Å². The largest absolute Gasteiger partial charge is 0.452 e. The Labute approximate surface area is 255 Å². The van der Waals surface area contributed by atoms with Gasteiger partial charge in [-0.15, -0.1) is 0 Å². The van der Waals surface area contributed by atoms with Gasteiger partial charge in [-0.2, -0.15) is 0 Å². The van der Waals surface area contributed by atoms with E-state index >= 15 is 0 Å². The molecule has 0 saturated heterocycles. The molecule has 3 atom stereocenters. The van der Waals surface area contributed by atoms with E-state index < -0.39 is 79.1 Å². The maximum atomic E-state index is 13.0. The first-order chi connectivity index (χ1) is 20.4. The summed E-state index contributed by atoms with van der Waals surface area (Å²) in [5.41, 5.74) is 7.06. The number of rotatable bonds is 4. The molecule has 2 aromatic carbocycles. The molecule has 2 aromatic rings. The Bertz CT molecular complexity index is 1380. The number of hydrogen-bond acceptors (Lipinski definition) is 8. The predicted octanol–water partition coefficient (Wildman–Crippen LogP) is -0.804. The molecule has 0 spiro atoms. The Hall–Kier alpha value is -4.79. The number of ether oxygens (including phenoxy) is 1. The van der Waals surface area contributed by atoms with Gasteiger partial charge in [0.15, 0.2) is 6.10 Å². The number of primary amides is 1. The summed E-state index contributed by atoms with van der Waals surface area (Å²) in [5, 5.41) is 12.3. The average Bonchev–Trinajstić information content (AvgIpc) is 2.95. The van der Waals surface area contributed by atoms with Gasteiger partial charge in [-0.3, -0.25) is 33.6 Å². The molecule has 0 fully saturated rings. The molecular weight excluding hydrogens is 628 g/mol. The maximum Gasteiger partial charge on any atom is 0.303 e. The number of benzene rings is 2. The van der Waals surface area contributed by atoms with Crippen LogP contribution in [0.25, 0.3) is 0 Å². The van der Waals surface area contributed by atoms with E-state index in [-0.39, 0.29) is 12.8 Å². The van der Waals surface area contributed by atoms with Gasteiger partial charge in [-0.25, -0.2) is 0 Å². The zero-order valence-electron chi connectivity index (χ0n) is 23.1. The highest BCUT2D eigenvalue weighted by molar-refractivity contribution is 9.10. The van der Waals surface area contributed by atoms with Crippen molar-refractivity contribution in [3.63, 3.8) is 0 Å². The molecule has 0 radical (unpaired) electrons. The molecule has 15 heteroatoms. The summed E-state index contributed by atoms with van der Waals surface area (Å²) >= 11 is 3.33. The minimum Gasteiger partial charge on any atom is -0.452 e. The van der Waals surface area contributed by atoms with Gasteiger partial charge in [0.25, 0.3) is 5.91 Å². The standard InChI is InChI=1S/C28H31BrN6O8/c1-15(36)43-22-12-23(37)31-13-24(38)35-21(11-16-2-6-18(29)7-3-16)27(41)32-14-25(39)34-20(26(30)40)10-17-4-8-19(9-5-17)33-28(22)42/h2-9,20-22H,10-14H2,1H3,(H2,30,40)(H,31,37)(H,32,41)(H,33,42)(H,34,39)(H,35,38)/t20-,21+,22+/m0/s1. The van der Waals surface area contributed by atoms with Crippen LogP contribution in [0.1, 0.15) is 24.5 Å². The highest BCUT2D eigenvalue weighted by Gasteiger charge is 2.27. The van der Waals surface area contributed by atoms with E-state index in [9.17, 15) is 33.6 Å². The van der Waals surface area contributed by atoms with Crippen molar-refractivity contribution in [2.75, 3.05) is 18.4 Å². The average molecular weight is 659 g/mol. The quantitative estimate of drug-likeness (QED) is 0.180. The minimum atomic E-state index is -1.50. The number of anilines is 1. The van der Waals surface area contributed by atoms with Crippen molar-refractivity contribution >= 4 is 63.0 Å². The Morgan fingerprint density at radius 3 is 2.09 bits per heavy atom. The molecule has 0 unspecified atom stereocenters. The smallest absolute Gasteiger partial charge is 0.303 e. The molecule has 14 nitrogen and oxygen atoms in total. The summed E-state index contributed by atoms with van der Waals surface area (Å²) < 4.78 is 5.82. The molecule has 7 N–H and O–H groups in total. The number of nitrogens with one attached hydrogen (secondary N) is 5. The zero-order valence-corrected chi connectivity index (χ0v) is 24.7. The number of halogens is 1. The molecule has 0 aliphatic carbocycles. The summed E-state index contributed by atoms with van der Waals surface area (Å²) in [6.07, 6.45) is -2.01. The molecule has 228 valence electrons. The molecule has 2 bridgehead atoms. The first kappa shape index (κ1) is 32.7. The topological polar surface area (TPSA) is 215 Å². The third-order valence-corrected chi connectivity index (χ3v) is 6.71. The van der Waals surface area contributed by atoms with E-state index in [0.717, 1.165) is 11.4 Å². The lowest BCUT2D eigenvalue weighted by molar-refractivity contribution is -0.153. The molecule has 2 heterocycles. The zero-order chi connectivity index (χ0) is 31.5. The number of nitrogens with two attached hydrogens (primary N) is 1. The van der Waals surface area contributed by atoms with Crippen LogP contribution in [0, 0.1) is 0 Å². The minimum absolute atomic E-state index is 0.0156. The van der Waals surface area contributed by atoms with Gasteiger partial charge in [-0.1, -0.05) is 40.2 Å². The van der Waals surface area contributed by atoms with Crippen molar-refractivity contribution in [1.29, 1.82) is 0 Å². The van der Waals surface area contributed by atoms with Crippen LogP contribution in [-0.2, 0) is 51.1 Å². The van der Waals surface area contributed by atoms with E-state index in [4.69, 9.17) is 10.5 Å². The molecule has 0 aromatic heterocycles. The Kier molecular flexibility index (Phi) is 11.8. The van der Waals surface area contributed by atoms with Gasteiger partial charge >= 0.3 is 5.97 Å². The summed E-state index contributed by atoms with van der Waals surface area (Å²) in [6.45, 7) is 0.0196. The van der Waals surface area contributed by atoms with E-state index in [1.54, 1.807) is 36.4 Å². The van der Waals surface area contributed by atoms with Crippen LogP contribution in [0.3, 0.4) is 0 Å². The Balaban J connectivity index is 1.85. The van der Waals surface area contributed by atoms with Crippen LogP contribution in [0.2, 0.25) is 0 Å². The SMILES string of the molecule is CC(=O)O[C@@H]1CC(=O)NCC(=O)N[C@H](Cc2ccc(Br)cc2)C(=O)NCC(=O)N[C@H](C(N)=O)Cc2ccc(cc2)NC1=O. The second-order valence-electron chi connectivity index (χ2n) is 9.66. The van der Waals surface area contributed by atoms with Crippen LogP contribution in [0.4, 0.5) is 5.69 Å². The van der Waals surface area contributed by atoms with Crippen molar-refractivity contribution in [1.82, 2.24) is 21.3 Å². The highest BCUT2D eigenvalue weighted by atomic mass is 79.9. The number of amides is 6. The van der Waals surface area contributed by atoms with Gasteiger partial charge in [0.1, 0.15) is 12.1 Å². The lowest BCUT2D eigenvalue weighted by Gasteiger charge is -2.20. The number of esters is 1. The molecule has 43 heavy (non-hydrogen) atoms. The Morgan fingerprint density at radius 2 is 1.47 bits per heavy atom. The first-order valence-electron chi connectivity index (χ1n) is 13.1. The predicted molar refractivity (Wildman–Crippen MR) is 156 cm³/mol. The molecule has 2 aliphatic heterocycles. The normalized spacial score (nSPS) is 20.8. The van der Waals surface area contributed by atoms with Crippen LogP contribution in [0.15, 0.2) is 53.0 Å². The molecule has 4 rings (SSSR count). The fourth-order valence-electron chi connectivity index (χ4n) is 4.06. The third kappa shape index (κ3) is 10.8. The number of fused-ring (bicyclic) bond motifs is 18. The fourth-order valence-corrected chi connectivity index (χ4v) is 4.32. The van der Waals surface area contributed by atoms with Crippen molar-refractivity contribution in [2.24, 2.45) is 5.73 Å². The second kappa shape index (κ2) is 15.4. The van der Waals surface area contributed by atoms with E-state index in [1.165, 1.54) is 12.1 Å². The number of carbonyl (C=O) groups excluding carboxylic acids is 7. The molecule has 6 amide bonds. The van der Waals surface area contributed by atoms with Gasteiger partial charge in [-0.05, 0) is 35.4 Å². The number of hydrogen-bond donors (Lipinski definition) is 6. The van der Waals surface area contributed by atoms with Crippen molar-refractivity contribution in [3.8, 4) is 0 Å². The highest BCUT2D eigenvalue weighted by Crippen LogP contribution is 2.14. The lowest BCUT2D eigenvalue weighted by Crippen LogP contribution is -2.53. The summed E-state index contributed by atoms with van der Waals surface area (Å²) in [5.74, 6) is -5.28. The number of carbonyl (C=O) groups is 7. The van der Waals surface area contributed by atoms with Crippen LogP contribution in [-0.4, -0.2) is 72.7 Å². The molecular formula is C28H31BrN6O8. The summed E-state index contributed by atoms with van der Waals surface area (Å²) in [4.78, 5) is 87.4. The molecule has 0 saturated carbocycles. The first-order valence-corrected chi connectivity index (χ1v) is 13.9. The van der Waals surface area contributed by atoms with E-state index in [1.807, 2.05) is 0 Å². The third-order valence-electron chi connectivity index (χ3n) is 6.19. The lowest BCUT2D eigenvalue weighted by atomic mass is 10.0. The van der Waals surface area contributed by atoms with Crippen LogP contribution < -0.4 is 32.3 Å². The fraction of sp³-hybridized carbons (Fsp3) is 0.321. The van der Waals surface area contributed by atoms with Crippen molar-refractivity contribution in [2.45, 2.75) is 44.4 Å².